The second kappa shape index (κ2) is 4.14. The van der Waals surface area contributed by atoms with Crippen LogP contribution < -0.4 is 11.3 Å². The van der Waals surface area contributed by atoms with Crippen LogP contribution in [-0.4, -0.2) is 15.7 Å². The first-order chi connectivity index (χ1) is 6.83. The zero-order valence-corrected chi connectivity index (χ0v) is 8.97. The molecule has 0 saturated heterocycles. The van der Waals surface area contributed by atoms with Crippen LogP contribution in [0.25, 0.3) is 0 Å². The minimum atomic E-state index is 0.569. The Hall–Kier alpha value is -0.810. The van der Waals surface area contributed by atoms with E-state index in [2.05, 4.69) is 22.3 Å². The summed E-state index contributed by atoms with van der Waals surface area (Å²) in [6.07, 6.45) is 2.43. The minimum absolute atomic E-state index is 0.569. The average molecular weight is 210 g/mol. The van der Waals surface area contributed by atoms with Crippen molar-refractivity contribution in [3.05, 3.63) is 11.9 Å². The van der Waals surface area contributed by atoms with Crippen molar-refractivity contribution in [3.8, 4) is 0 Å². The van der Waals surface area contributed by atoms with E-state index in [9.17, 15) is 0 Å². The minimum Gasteiger partial charge on any atom is -0.308 e. The predicted molar refractivity (Wildman–Crippen MR) is 58.2 cm³/mol. The lowest BCUT2D eigenvalue weighted by molar-refractivity contribution is 0.878. The van der Waals surface area contributed by atoms with Gasteiger partial charge in [0.2, 0.25) is 0 Å². The zero-order valence-electron chi connectivity index (χ0n) is 8.16. The van der Waals surface area contributed by atoms with Gasteiger partial charge in [0, 0.05) is 12.0 Å². The smallest absolute Gasteiger partial charge is 0.144 e. The third kappa shape index (κ3) is 2.16. The molecule has 1 aromatic rings. The van der Waals surface area contributed by atoms with Crippen molar-refractivity contribution in [2.45, 2.75) is 30.7 Å². The molecule has 2 rings (SSSR count). The zero-order chi connectivity index (χ0) is 9.97. The maximum atomic E-state index is 5.35. The van der Waals surface area contributed by atoms with Crippen LogP contribution in [0.5, 0.6) is 0 Å². The van der Waals surface area contributed by atoms with E-state index in [1.54, 1.807) is 11.8 Å². The molecule has 0 radical (unpaired) electrons. The molecular formula is C9H14N4S. The number of nitrogens with one attached hydrogen (secondary N) is 1. The van der Waals surface area contributed by atoms with Crippen molar-refractivity contribution in [1.29, 1.82) is 0 Å². The number of hydrazine groups is 1. The van der Waals surface area contributed by atoms with Crippen LogP contribution in [0.3, 0.4) is 0 Å². The Morgan fingerprint density at radius 3 is 2.93 bits per heavy atom. The second-order valence-electron chi connectivity index (χ2n) is 3.30. The number of hydrogen-bond acceptors (Lipinski definition) is 5. The lowest BCUT2D eigenvalue weighted by atomic mass is 10.4. The van der Waals surface area contributed by atoms with Crippen molar-refractivity contribution in [2.24, 2.45) is 5.84 Å². The fourth-order valence-electron chi connectivity index (χ4n) is 1.26. The van der Waals surface area contributed by atoms with Gasteiger partial charge in [-0.1, -0.05) is 6.92 Å². The summed E-state index contributed by atoms with van der Waals surface area (Å²) in [5, 5.41) is 1.01. The molecule has 0 spiro atoms. The van der Waals surface area contributed by atoms with Gasteiger partial charge in [0.1, 0.15) is 16.7 Å². The summed E-state index contributed by atoms with van der Waals surface area (Å²) in [5.74, 6) is 8.60. The van der Waals surface area contributed by atoms with E-state index in [1.165, 1.54) is 12.8 Å². The van der Waals surface area contributed by atoms with Gasteiger partial charge in [-0.15, -0.1) is 11.8 Å². The van der Waals surface area contributed by atoms with Crippen molar-refractivity contribution in [2.75, 3.05) is 11.2 Å². The average Bonchev–Trinajstić information content (AvgIpc) is 3.01. The standard InChI is InChI=1S/C9H14N4S/c1-2-14-8-5-7(13-10)11-9(12-8)6-3-4-6/h5-6H,2-4,10H2,1H3,(H,11,12,13). The molecule has 0 bridgehead atoms. The van der Waals surface area contributed by atoms with Crippen LogP contribution in [0.4, 0.5) is 5.82 Å². The summed E-state index contributed by atoms with van der Waals surface area (Å²) >= 11 is 1.72. The normalized spacial score (nSPS) is 15.6. The third-order valence-electron chi connectivity index (χ3n) is 2.10. The van der Waals surface area contributed by atoms with Gasteiger partial charge in [0.05, 0.1) is 0 Å². The van der Waals surface area contributed by atoms with E-state index in [-0.39, 0.29) is 0 Å². The lowest BCUT2D eigenvalue weighted by Gasteiger charge is -2.05. The van der Waals surface area contributed by atoms with Crippen LogP contribution in [0.15, 0.2) is 11.1 Å². The van der Waals surface area contributed by atoms with E-state index in [4.69, 9.17) is 5.84 Å². The second-order valence-corrected chi connectivity index (χ2v) is 4.59. The SMILES string of the molecule is CCSc1cc(NN)nc(C2CC2)n1. The van der Waals surface area contributed by atoms with E-state index in [1.807, 2.05) is 6.07 Å². The lowest BCUT2D eigenvalue weighted by Crippen LogP contribution is -2.10. The van der Waals surface area contributed by atoms with Gasteiger partial charge in [0.15, 0.2) is 0 Å². The van der Waals surface area contributed by atoms with Gasteiger partial charge in [0.25, 0.3) is 0 Å². The largest absolute Gasteiger partial charge is 0.308 e. The molecule has 0 unspecified atom stereocenters. The summed E-state index contributed by atoms with van der Waals surface area (Å²) in [4.78, 5) is 8.82. The highest BCUT2D eigenvalue weighted by Crippen LogP contribution is 2.39. The predicted octanol–water partition coefficient (Wildman–Crippen LogP) is 1.75. The van der Waals surface area contributed by atoms with Gasteiger partial charge in [-0.05, 0) is 18.6 Å². The Morgan fingerprint density at radius 1 is 1.57 bits per heavy atom. The summed E-state index contributed by atoms with van der Waals surface area (Å²) in [7, 11) is 0. The molecule has 5 heteroatoms. The molecular weight excluding hydrogens is 196 g/mol. The Labute approximate surface area is 87.7 Å². The van der Waals surface area contributed by atoms with Crippen molar-refractivity contribution < 1.29 is 0 Å². The molecule has 1 saturated carbocycles. The molecule has 0 aliphatic heterocycles. The summed E-state index contributed by atoms with van der Waals surface area (Å²) in [6.45, 7) is 2.11. The van der Waals surface area contributed by atoms with E-state index in [0.717, 1.165) is 22.4 Å². The van der Waals surface area contributed by atoms with Crippen LogP contribution in [0.2, 0.25) is 0 Å². The van der Waals surface area contributed by atoms with E-state index in [0.29, 0.717) is 5.92 Å². The first kappa shape index (κ1) is 9.73. The van der Waals surface area contributed by atoms with E-state index < -0.39 is 0 Å². The summed E-state index contributed by atoms with van der Waals surface area (Å²) in [6, 6.07) is 1.89. The molecule has 1 aliphatic carbocycles. The fraction of sp³-hybridized carbons (Fsp3) is 0.556. The fourth-order valence-corrected chi connectivity index (χ4v) is 1.91. The van der Waals surface area contributed by atoms with Crippen LogP contribution in [0, 0.1) is 0 Å². The van der Waals surface area contributed by atoms with Crippen molar-refractivity contribution in [1.82, 2.24) is 9.97 Å². The third-order valence-corrected chi connectivity index (χ3v) is 2.90. The number of nitrogens with zero attached hydrogens (tertiary/aromatic N) is 2. The van der Waals surface area contributed by atoms with Crippen LogP contribution in [0.1, 0.15) is 31.5 Å². The van der Waals surface area contributed by atoms with Gasteiger partial charge >= 0.3 is 0 Å². The molecule has 14 heavy (non-hydrogen) atoms. The number of hydrogen-bond donors (Lipinski definition) is 2. The first-order valence-electron chi connectivity index (χ1n) is 4.82. The van der Waals surface area contributed by atoms with Crippen LogP contribution >= 0.6 is 11.8 Å². The maximum Gasteiger partial charge on any atom is 0.144 e. The maximum absolute atomic E-state index is 5.35. The molecule has 0 amide bonds. The van der Waals surface area contributed by atoms with Gasteiger partial charge in [-0.2, -0.15) is 0 Å². The highest BCUT2D eigenvalue weighted by atomic mass is 32.2. The van der Waals surface area contributed by atoms with E-state index >= 15 is 0 Å². The molecule has 4 nitrogen and oxygen atoms in total. The molecule has 0 aromatic carbocycles. The van der Waals surface area contributed by atoms with Gasteiger partial charge in [-0.25, -0.2) is 15.8 Å². The number of nitrogen functional groups attached to an aromatic ring is 1. The van der Waals surface area contributed by atoms with Crippen LogP contribution in [-0.2, 0) is 0 Å². The molecule has 1 aromatic heterocycles. The Kier molecular flexibility index (Phi) is 2.88. The number of thioether (sulfide) groups is 1. The molecule has 76 valence electrons. The molecule has 3 N–H and O–H groups in total. The molecule has 1 heterocycles. The molecule has 0 atom stereocenters. The highest BCUT2D eigenvalue weighted by molar-refractivity contribution is 7.99. The summed E-state index contributed by atoms with van der Waals surface area (Å²) < 4.78 is 0. The Bertz CT molecular complexity index is 325. The van der Waals surface area contributed by atoms with Gasteiger partial charge < -0.3 is 5.43 Å². The van der Waals surface area contributed by atoms with Gasteiger partial charge in [-0.3, -0.25) is 0 Å². The highest BCUT2D eigenvalue weighted by Gasteiger charge is 2.27. The quantitative estimate of drug-likeness (QED) is 0.343. The summed E-state index contributed by atoms with van der Waals surface area (Å²) in [5.41, 5.74) is 2.58. The number of aromatic nitrogens is 2. The molecule has 1 fully saturated rings. The van der Waals surface area contributed by atoms with Crippen molar-refractivity contribution >= 4 is 17.6 Å². The number of nitrogens with two attached hydrogens (primary N) is 1. The Balaban J connectivity index is 2.26. The first-order valence-corrected chi connectivity index (χ1v) is 5.80. The Morgan fingerprint density at radius 2 is 2.36 bits per heavy atom. The monoisotopic (exact) mass is 210 g/mol. The van der Waals surface area contributed by atoms with Crippen molar-refractivity contribution in [3.63, 3.8) is 0 Å². The number of rotatable bonds is 4. The number of anilines is 1. The molecule has 1 aliphatic rings. The topological polar surface area (TPSA) is 63.8 Å².